The summed E-state index contributed by atoms with van der Waals surface area (Å²) in [5.41, 5.74) is 0.389. The van der Waals surface area contributed by atoms with E-state index in [9.17, 15) is 9.59 Å². The topological polar surface area (TPSA) is 71.1 Å². The predicted molar refractivity (Wildman–Crippen MR) is 114 cm³/mol. The first-order chi connectivity index (χ1) is 14.8. The van der Waals surface area contributed by atoms with E-state index in [1.54, 1.807) is 0 Å². The Kier molecular flexibility index (Phi) is 5.65. The minimum Gasteiger partial charge on any atom is -0.489 e. The van der Waals surface area contributed by atoms with Crippen LogP contribution in [0, 0.1) is 5.41 Å². The van der Waals surface area contributed by atoms with Crippen LogP contribution in [0.5, 0.6) is 11.5 Å². The number of fused-ring (bicyclic) bond motifs is 1. The normalized spacial score (nSPS) is 24.0. The summed E-state index contributed by atoms with van der Waals surface area (Å²) in [5, 5.41) is 0. The zero-order chi connectivity index (χ0) is 22.1. The summed E-state index contributed by atoms with van der Waals surface area (Å²) in [6.45, 7) is 6.26. The maximum absolute atomic E-state index is 13.2. The fourth-order valence-electron chi connectivity index (χ4n) is 3.95. The van der Waals surface area contributed by atoms with Gasteiger partial charge in [0.25, 0.3) is 0 Å². The van der Waals surface area contributed by atoms with Crippen LogP contribution in [0.2, 0.25) is 0 Å². The molecule has 2 aromatic rings. The van der Waals surface area contributed by atoms with Gasteiger partial charge < -0.3 is 18.9 Å². The molecule has 1 saturated heterocycles. The molecule has 31 heavy (non-hydrogen) atoms. The van der Waals surface area contributed by atoms with E-state index in [0.717, 1.165) is 11.1 Å². The van der Waals surface area contributed by atoms with Crippen LogP contribution in [0.15, 0.2) is 48.5 Å². The van der Waals surface area contributed by atoms with E-state index in [-0.39, 0.29) is 6.61 Å². The van der Waals surface area contributed by atoms with Crippen LogP contribution >= 0.6 is 0 Å². The monoisotopic (exact) mass is 424 g/mol. The van der Waals surface area contributed by atoms with Gasteiger partial charge in [-0.2, -0.15) is 0 Å². The van der Waals surface area contributed by atoms with E-state index in [4.69, 9.17) is 18.9 Å². The van der Waals surface area contributed by atoms with Gasteiger partial charge in [-0.15, -0.1) is 0 Å². The van der Waals surface area contributed by atoms with Crippen LogP contribution in [0.3, 0.4) is 0 Å². The summed E-state index contributed by atoms with van der Waals surface area (Å²) in [5.74, 6) is 0.262. The summed E-state index contributed by atoms with van der Waals surface area (Å²) in [4.78, 5) is 25.2. The minimum absolute atomic E-state index is 0.231. The molecule has 0 amide bonds. The molecule has 0 N–H and O–H groups in total. The molecule has 6 heteroatoms. The molecular formula is C25H28O6. The lowest BCUT2D eigenvalue weighted by atomic mass is 9.87. The first kappa shape index (κ1) is 21.2. The first-order valence-corrected chi connectivity index (χ1v) is 10.7. The van der Waals surface area contributed by atoms with E-state index in [1.165, 1.54) is 0 Å². The minimum atomic E-state index is -1.13. The largest absolute Gasteiger partial charge is 0.489 e. The Hall–Kier alpha value is -3.02. The second kappa shape index (κ2) is 8.25. The van der Waals surface area contributed by atoms with Crippen LogP contribution in [-0.4, -0.2) is 30.3 Å². The van der Waals surface area contributed by atoms with Gasteiger partial charge in [-0.25, -0.2) is 9.59 Å². The number of hydrogen-bond acceptors (Lipinski definition) is 6. The molecule has 2 heterocycles. The van der Waals surface area contributed by atoms with Crippen molar-refractivity contribution in [3.8, 4) is 11.5 Å². The van der Waals surface area contributed by atoms with Gasteiger partial charge >= 0.3 is 11.9 Å². The second-order valence-electron chi connectivity index (χ2n) is 8.88. The van der Waals surface area contributed by atoms with Gasteiger partial charge in [0.1, 0.15) is 24.7 Å². The van der Waals surface area contributed by atoms with Crippen molar-refractivity contribution >= 4 is 11.9 Å². The molecule has 2 atom stereocenters. The fraction of sp³-hybridized carbons (Fsp3) is 0.440. The Balaban J connectivity index is 1.49. The molecule has 2 aliphatic rings. The van der Waals surface area contributed by atoms with Gasteiger partial charge in [0.05, 0.1) is 0 Å². The summed E-state index contributed by atoms with van der Waals surface area (Å²) in [6.07, 6.45) is 0.675. The molecule has 0 aliphatic carbocycles. The maximum Gasteiger partial charge on any atom is 0.351 e. The Morgan fingerprint density at radius 1 is 1.16 bits per heavy atom. The second-order valence-corrected chi connectivity index (χ2v) is 8.88. The quantitative estimate of drug-likeness (QED) is 0.646. The number of aryl methyl sites for hydroxylation is 1. The van der Waals surface area contributed by atoms with Gasteiger partial charge in [0.15, 0.2) is 0 Å². The summed E-state index contributed by atoms with van der Waals surface area (Å²) >= 11 is 0. The summed E-state index contributed by atoms with van der Waals surface area (Å²) in [6, 6.07) is 15.6. The van der Waals surface area contributed by atoms with Gasteiger partial charge in [-0.3, -0.25) is 0 Å². The molecule has 0 aromatic heterocycles. The van der Waals surface area contributed by atoms with Crippen molar-refractivity contribution in [1.29, 1.82) is 0 Å². The van der Waals surface area contributed by atoms with Crippen LogP contribution in [-0.2, 0) is 32.1 Å². The van der Waals surface area contributed by atoms with Crippen LogP contribution in [0.4, 0.5) is 0 Å². The summed E-state index contributed by atoms with van der Waals surface area (Å²) in [7, 11) is 0. The van der Waals surface area contributed by atoms with Crippen molar-refractivity contribution in [3.63, 3.8) is 0 Å². The van der Waals surface area contributed by atoms with E-state index >= 15 is 0 Å². The van der Waals surface area contributed by atoms with Crippen LogP contribution in [0.1, 0.15) is 44.7 Å². The SMILES string of the molecule is CCC1(C(=O)O[C@H]2C(=O)OCC2(C)C)CCc2ccc(OCc3ccccc3)cc2O1. The highest BCUT2D eigenvalue weighted by Gasteiger charge is 2.51. The van der Waals surface area contributed by atoms with Crippen molar-refractivity contribution in [1.82, 2.24) is 0 Å². The van der Waals surface area contributed by atoms with Crippen molar-refractivity contribution in [2.75, 3.05) is 6.61 Å². The maximum atomic E-state index is 13.2. The van der Waals surface area contributed by atoms with Gasteiger partial charge in [0, 0.05) is 17.9 Å². The third kappa shape index (κ3) is 4.24. The molecular weight excluding hydrogens is 396 g/mol. The highest BCUT2D eigenvalue weighted by atomic mass is 16.6. The lowest BCUT2D eigenvalue weighted by molar-refractivity contribution is -0.178. The molecule has 2 aliphatic heterocycles. The molecule has 164 valence electrons. The predicted octanol–water partition coefficient (Wildman–Crippen LogP) is 4.23. The highest BCUT2D eigenvalue weighted by Crippen LogP contribution is 2.40. The number of carbonyl (C=O) groups excluding carboxylic acids is 2. The van der Waals surface area contributed by atoms with Crippen molar-refractivity contribution in [3.05, 3.63) is 59.7 Å². The molecule has 0 spiro atoms. The number of esters is 2. The third-order valence-corrected chi connectivity index (χ3v) is 6.07. The summed E-state index contributed by atoms with van der Waals surface area (Å²) < 4.78 is 22.9. The molecule has 0 bridgehead atoms. The van der Waals surface area contributed by atoms with Gasteiger partial charge in [-0.05, 0) is 30.0 Å². The molecule has 4 rings (SSSR count). The van der Waals surface area contributed by atoms with Crippen molar-refractivity contribution in [2.24, 2.45) is 5.41 Å². The van der Waals surface area contributed by atoms with Crippen molar-refractivity contribution < 1.29 is 28.5 Å². The van der Waals surface area contributed by atoms with E-state index in [0.29, 0.717) is 37.4 Å². The fourth-order valence-corrected chi connectivity index (χ4v) is 3.95. The van der Waals surface area contributed by atoms with Gasteiger partial charge in [-0.1, -0.05) is 57.2 Å². The van der Waals surface area contributed by atoms with Crippen LogP contribution < -0.4 is 9.47 Å². The average Bonchev–Trinajstić information content (AvgIpc) is 3.04. The number of carbonyl (C=O) groups is 2. The van der Waals surface area contributed by atoms with Crippen molar-refractivity contribution in [2.45, 2.75) is 58.3 Å². The first-order valence-electron chi connectivity index (χ1n) is 10.7. The van der Waals surface area contributed by atoms with E-state index in [2.05, 4.69) is 0 Å². The zero-order valence-corrected chi connectivity index (χ0v) is 18.2. The zero-order valence-electron chi connectivity index (χ0n) is 18.2. The molecule has 0 saturated carbocycles. The Morgan fingerprint density at radius 3 is 2.61 bits per heavy atom. The van der Waals surface area contributed by atoms with Crippen LogP contribution in [0.25, 0.3) is 0 Å². The third-order valence-electron chi connectivity index (χ3n) is 6.07. The number of hydrogen-bond donors (Lipinski definition) is 0. The van der Waals surface area contributed by atoms with Gasteiger partial charge in [0.2, 0.25) is 11.7 Å². The smallest absolute Gasteiger partial charge is 0.351 e. The number of benzene rings is 2. The molecule has 1 fully saturated rings. The van der Waals surface area contributed by atoms with E-state index < -0.39 is 29.1 Å². The number of rotatable bonds is 6. The number of ether oxygens (including phenoxy) is 4. The lowest BCUT2D eigenvalue weighted by Gasteiger charge is -2.37. The Bertz CT molecular complexity index is 967. The van der Waals surface area contributed by atoms with E-state index in [1.807, 2.05) is 69.3 Å². The Morgan fingerprint density at radius 2 is 1.94 bits per heavy atom. The molecule has 6 nitrogen and oxygen atoms in total. The molecule has 1 unspecified atom stereocenters. The lowest BCUT2D eigenvalue weighted by Crippen LogP contribution is -2.50. The standard InChI is InChI=1S/C25H28O6/c1-4-25(23(27)30-21-22(26)29-16-24(21,2)3)13-12-18-10-11-19(14-20(18)31-25)28-15-17-8-6-5-7-9-17/h5-11,14,21H,4,12-13,15-16H2,1-3H3/t21-,25?/m0/s1. The average molecular weight is 424 g/mol. The highest BCUT2D eigenvalue weighted by molar-refractivity contribution is 5.86. The Labute approximate surface area is 182 Å². The molecule has 2 aromatic carbocycles. The number of cyclic esters (lactones) is 1. The molecule has 0 radical (unpaired) electrons.